The molecular weight excluding hydrogens is 202 g/mol. The van der Waals surface area contributed by atoms with Gasteiger partial charge in [0, 0.05) is 10.6 Å². The summed E-state index contributed by atoms with van der Waals surface area (Å²) >= 11 is 5.94. The summed E-state index contributed by atoms with van der Waals surface area (Å²) in [7, 11) is 0. The predicted molar refractivity (Wildman–Crippen MR) is 56.6 cm³/mol. The second-order valence-electron chi connectivity index (χ2n) is 3.34. The number of benzene rings is 1. The Morgan fingerprint density at radius 2 is 2.00 bits per heavy atom. The van der Waals surface area contributed by atoms with Crippen LogP contribution in [0.15, 0.2) is 6.07 Å². The largest absolute Gasteiger partial charge is 0.507 e. The summed E-state index contributed by atoms with van der Waals surface area (Å²) in [6.45, 7) is 3.38. The van der Waals surface area contributed by atoms with E-state index in [4.69, 9.17) is 22.4 Å². The molecule has 0 saturated heterocycles. The van der Waals surface area contributed by atoms with Gasteiger partial charge in [-0.25, -0.2) is 0 Å². The van der Waals surface area contributed by atoms with E-state index in [0.29, 0.717) is 16.1 Å². The second-order valence-corrected chi connectivity index (χ2v) is 3.74. The lowest BCUT2D eigenvalue weighted by Crippen LogP contribution is -2.15. The number of nitrogens with two attached hydrogens (primary N) is 1. The molecule has 78 valence electrons. The molecule has 1 rings (SSSR count). The van der Waals surface area contributed by atoms with Gasteiger partial charge in [0.1, 0.15) is 5.75 Å². The molecule has 0 fully saturated rings. The zero-order valence-electron chi connectivity index (χ0n) is 8.21. The monoisotopic (exact) mass is 215 g/mol. The number of halogens is 1. The van der Waals surface area contributed by atoms with Crippen molar-refractivity contribution in [2.24, 2.45) is 5.73 Å². The fraction of sp³-hybridized carbons (Fsp3) is 0.400. The van der Waals surface area contributed by atoms with Gasteiger partial charge in [0.2, 0.25) is 0 Å². The van der Waals surface area contributed by atoms with Crippen LogP contribution in [0, 0.1) is 13.8 Å². The molecule has 0 spiro atoms. The van der Waals surface area contributed by atoms with Crippen LogP contribution >= 0.6 is 11.6 Å². The highest BCUT2D eigenvalue weighted by molar-refractivity contribution is 6.31. The van der Waals surface area contributed by atoms with Crippen LogP contribution in [0.25, 0.3) is 0 Å². The molecule has 0 bridgehead atoms. The Bertz CT molecular complexity index is 352. The summed E-state index contributed by atoms with van der Waals surface area (Å²) < 4.78 is 0. The second kappa shape index (κ2) is 4.17. The van der Waals surface area contributed by atoms with E-state index >= 15 is 0 Å². The molecule has 1 atom stereocenters. The van der Waals surface area contributed by atoms with Gasteiger partial charge in [-0.15, -0.1) is 0 Å². The molecule has 14 heavy (non-hydrogen) atoms. The van der Waals surface area contributed by atoms with Gasteiger partial charge in [0.05, 0.1) is 12.6 Å². The normalized spacial score (nSPS) is 12.9. The fourth-order valence-electron chi connectivity index (χ4n) is 1.27. The smallest absolute Gasteiger partial charge is 0.123 e. The lowest BCUT2D eigenvalue weighted by atomic mass is 10.00. The summed E-state index contributed by atoms with van der Waals surface area (Å²) in [4.78, 5) is 0. The highest BCUT2D eigenvalue weighted by Gasteiger charge is 2.15. The fourth-order valence-corrected chi connectivity index (χ4v) is 1.53. The third-order valence-corrected chi connectivity index (χ3v) is 2.82. The molecule has 0 heterocycles. The van der Waals surface area contributed by atoms with Crippen LogP contribution in [-0.2, 0) is 0 Å². The molecule has 0 saturated carbocycles. The van der Waals surface area contributed by atoms with Crippen LogP contribution in [0.5, 0.6) is 5.75 Å². The Morgan fingerprint density at radius 1 is 1.43 bits per heavy atom. The Labute approximate surface area is 88.1 Å². The summed E-state index contributed by atoms with van der Waals surface area (Å²) in [5.41, 5.74) is 7.64. The molecule has 0 aliphatic carbocycles. The van der Waals surface area contributed by atoms with Gasteiger partial charge in [0.15, 0.2) is 0 Å². The first-order valence-corrected chi connectivity index (χ1v) is 4.71. The molecule has 0 radical (unpaired) electrons. The molecule has 0 aromatic heterocycles. The Morgan fingerprint density at radius 3 is 2.50 bits per heavy atom. The molecule has 4 heteroatoms. The Kier molecular flexibility index (Phi) is 3.37. The van der Waals surface area contributed by atoms with Gasteiger partial charge in [0.25, 0.3) is 0 Å². The van der Waals surface area contributed by atoms with Gasteiger partial charge in [-0.05, 0) is 31.0 Å². The van der Waals surface area contributed by atoms with E-state index in [0.717, 1.165) is 5.56 Å². The van der Waals surface area contributed by atoms with Gasteiger partial charge in [-0.3, -0.25) is 0 Å². The van der Waals surface area contributed by atoms with E-state index in [1.165, 1.54) is 0 Å². The average molecular weight is 216 g/mol. The first kappa shape index (κ1) is 11.3. The van der Waals surface area contributed by atoms with Crippen molar-refractivity contribution in [3.8, 4) is 5.75 Å². The minimum atomic E-state index is -0.591. The van der Waals surface area contributed by atoms with E-state index in [2.05, 4.69) is 0 Å². The minimum absolute atomic E-state index is 0.119. The SMILES string of the molecule is Cc1c(Cl)cc([C@H](N)CO)c(O)c1C. The minimum Gasteiger partial charge on any atom is -0.507 e. The molecule has 4 N–H and O–H groups in total. The molecule has 0 unspecified atom stereocenters. The lowest BCUT2D eigenvalue weighted by molar-refractivity contribution is 0.265. The van der Waals surface area contributed by atoms with Crippen molar-refractivity contribution in [2.45, 2.75) is 19.9 Å². The maximum Gasteiger partial charge on any atom is 0.123 e. The zero-order chi connectivity index (χ0) is 10.9. The quantitative estimate of drug-likeness (QED) is 0.703. The lowest BCUT2D eigenvalue weighted by Gasteiger charge is -2.15. The molecule has 1 aromatic carbocycles. The van der Waals surface area contributed by atoms with Crippen LogP contribution in [-0.4, -0.2) is 16.8 Å². The van der Waals surface area contributed by atoms with Gasteiger partial charge < -0.3 is 15.9 Å². The van der Waals surface area contributed by atoms with Crippen molar-refractivity contribution < 1.29 is 10.2 Å². The van der Waals surface area contributed by atoms with E-state index in [1.807, 2.05) is 6.92 Å². The van der Waals surface area contributed by atoms with E-state index in [1.54, 1.807) is 13.0 Å². The van der Waals surface area contributed by atoms with Gasteiger partial charge in [-0.2, -0.15) is 0 Å². The summed E-state index contributed by atoms with van der Waals surface area (Å²) in [6.07, 6.45) is 0. The highest BCUT2D eigenvalue weighted by atomic mass is 35.5. The number of rotatable bonds is 2. The zero-order valence-corrected chi connectivity index (χ0v) is 8.97. The number of hydrogen-bond donors (Lipinski definition) is 3. The maximum atomic E-state index is 9.75. The molecule has 0 amide bonds. The average Bonchev–Trinajstić information content (AvgIpc) is 2.19. The van der Waals surface area contributed by atoms with Crippen LogP contribution in [0.4, 0.5) is 0 Å². The van der Waals surface area contributed by atoms with Crippen molar-refractivity contribution in [3.63, 3.8) is 0 Å². The van der Waals surface area contributed by atoms with Crippen molar-refractivity contribution in [2.75, 3.05) is 6.61 Å². The molecular formula is C10H14ClNO2. The van der Waals surface area contributed by atoms with Crippen LogP contribution in [0.1, 0.15) is 22.7 Å². The highest BCUT2D eigenvalue weighted by Crippen LogP contribution is 2.33. The van der Waals surface area contributed by atoms with Gasteiger partial charge in [-0.1, -0.05) is 11.6 Å². The number of phenols is 1. The molecule has 0 aliphatic heterocycles. The van der Waals surface area contributed by atoms with Crippen molar-refractivity contribution in [1.29, 1.82) is 0 Å². The number of aromatic hydroxyl groups is 1. The first-order chi connectivity index (χ1) is 6.49. The summed E-state index contributed by atoms with van der Waals surface area (Å²) in [6, 6.07) is 1.01. The van der Waals surface area contributed by atoms with Crippen molar-refractivity contribution in [1.82, 2.24) is 0 Å². The maximum absolute atomic E-state index is 9.75. The van der Waals surface area contributed by atoms with Crippen molar-refractivity contribution >= 4 is 11.6 Å². The Hall–Kier alpha value is -0.770. The predicted octanol–water partition coefficient (Wildman–Crippen LogP) is 1.65. The molecule has 1 aromatic rings. The number of phenolic OH excluding ortho intramolecular Hbond substituents is 1. The van der Waals surface area contributed by atoms with Crippen molar-refractivity contribution in [3.05, 3.63) is 27.8 Å². The summed E-state index contributed by atoms with van der Waals surface area (Å²) in [5.74, 6) is 0.119. The standard InChI is InChI=1S/C10H14ClNO2/c1-5-6(2)10(14)7(3-8(5)11)9(12)4-13/h3,9,13-14H,4,12H2,1-2H3/t9-/m1/s1. The third kappa shape index (κ3) is 1.85. The number of aliphatic hydroxyl groups excluding tert-OH is 1. The number of hydrogen-bond acceptors (Lipinski definition) is 3. The summed E-state index contributed by atoms with van der Waals surface area (Å²) in [5, 5.41) is 19.2. The first-order valence-electron chi connectivity index (χ1n) is 4.34. The van der Waals surface area contributed by atoms with E-state index in [9.17, 15) is 5.11 Å². The van der Waals surface area contributed by atoms with E-state index in [-0.39, 0.29) is 12.4 Å². The topological polar surface area (TPSA) is 66.5 Å². The van der Waals surface area contributed by atoms with E-state index < -0.39 is 6.04 Å². The third-order valence-electron chi connectivity index (χ3n) is 2.43. The van der Waals surface area contributed by atoms with Crippen LogP contribution < -0.4 is 5.73 Å². The molecule has 3 nitrogen and oxygen atoms in total. The van der Waals surface area contributed by atoms with Crippen LogP contribution in [0.2, 0.25) is 5.02 Å². The molecule has 0 aliphatic rings. The van der Waals surface area contributed by atoms with Gasteiger partial charge >= 0.3 is 0 Å². The van der Waals surface area contributed by atoms with Crippen LogP contribution in [0.3, 0.4) is 0 Å². The Balaban J connectivity index is 3.33. The number of aliphatic hydroxyl groups is 1.